The van der Waals surface area contributed by atoms with Crippen molar-refractivity contribution in [1.82, 2.24) is 19.7 Å². The van der Waals surface area contributed by atoms with Crippen LogP contribution < -0.4 is 4.74 Å². The predicted molar refractivity (Wildman–Crippen MR) is 96.0 cm³/mol. The number of hydrogen-bond donors (Lipinski definition) is 0. The number of pyridine rings is 1. The number of aromatic nitrogens is 1. The second-order valence-corrected chi connectivity index (χ2v) is 7.92. The van der Waals surface area contributed by atoms with Gasteiger partial charge in [-0.15, -0.1) is 0 Å². The minimum atomic E-state index is -0.0343. The quantitative estimate of drug-likeness (QED) is 0.802. The van der Waals surface area contributed by atoms with Crippen molar-refractivity contribution in [3.8, 4) is 5.88 Å². The van der Waals surface area contributed by atoms with Crippen LogP contribution in [0.4, 0.5) is 0 Å². The summed E-state index contributed by atoms with van der Waals surface area (Å²) < 4.78 is 5.04. The largest absolute Gasteiger partial charge is 0.481 e. The van der Waals surface area contributed by atoms with Crippen LogP contribution in [0.3, 0.4) is 0 Å². The molecule has 140 valence electrons. The molecular weight excluding hydrogens is 332 g/mol. The zero-order chi connectivity index (χ0) is 18.3. The number of rotatable bonds is 3. The number of amides is 2. The third-order valence-corrected chi connectivity index (χ3v) is 5.98. The number of nitrogens with zero attached hydrogens (tertiary/aromatic N) is 4. The van der Waals surface area contributed by atoms with Crippen molar-refractivity contribution >= 4 is 11.8 Å². The zero-order valence-corrected chi connectivity index (χ0v) is 15.5. The average Bonchev–Trinajstić information content (AvgIpc) is 3.27. The molecule has 0 bridgehead atoms. The molecule has 3 saturated heterocycles. The number of carbonyl (C=O) groups excluding carboxylic acids is 2. The molecule has 3 aliphatic heterocycles. The summed E-state index contributed by atoms with van der Waals surface area (Å²) in [4.78, 5) is 35.6. The summed E-state index contributed by atoms with van der Waals surface area (Å²) in [5.74, 6) is 0.774. The zero-order valence-electron chi connectivity index (χ0n) is 15.5. The van der Waals surface area contributed by atoms with Gasteiger partial charge in [-0.1, -0.05) is 0 Å². The van der Waals surface area contributed by atoms with E-state index in [4.69, 9.17) is 4.74 Å². The van der Waals surface area contributed by atoms with Crippen LogP contribution >= 0.6 is 0 Å². The van der Waals surface area contributed by atoms with Crippen LogP contribution in [-0.4, -0.2) is 84.4 Å². The molecule has 3 fully saturated rings. The van der Waals surface area contributed by atoms with Gasteiger partial charge in [-0.2, -0.15) is 0 Å². The molecule has 7 heteroatoms. The third kappa shape index (κ3) is 2.94. The van der Waals surface area contributed by atoms with Gasteiger partial charge in [0.05, 0.1) is 18.7 Å². The van der Waals surface area contributed by atoms with E-state index in [-0.39, 0.29) is 23.3 Å². The summed E-state index contributed by atoms with van der Waals surface area (Å²) in [6.07, 6.45) is 4.65. The highest BCUT2D eigenvalue weighted by Crippen LogP contribution is 2.43. The molecule has 1 aromatic rings. The van der Waals surface area contributed by atoms with E-state index in [0.717, 1.165) is 38.9 Å². The number of hydrogen-bond acceptors (Lipinski definition) is 5. The first kappa shape index (κ1) is 17.3. The lowest BCUT2D eigenvalue weighted by molar-refractivity contribution is -0.134. The summed E-state index contributed by atoms with van der Waals surface area (Å²) in [6, 6.07) is 3.42. The molecule has 1 spiro atoms. The first-order valence-electron chi connectivity index (χ1n) is 9.30. The molecule has 0 radical (unpaired) electrons. The van der Waals surface area contributed by atoms with E-state index in [9.17, 15) is 9.59 Å². The normalized spacial score (nSPS) is 24.8. The van der Waals surface area contributed by atoms with Gasteiger partial charge in [-0.3, -0.25) is 14.5 Å². The molecular formula is C19H26N4O3. The standard InChI is InChI=1S/C19H26N4O3/c1-21-11-19(9-15(21)18(25)22-7-3-4-8-22)12-23(13-19)17(24)14-5-6-16(26-2)20-10-14/h5-6,10,15H,3-4,7-9,11-13H2,1-2H3. The summed E-state index contributed by atoms with van der Waals surface area (Å²) >= 11 is 0. The summed E-state index contributed by atoms with van der Waals surface area (Å²) in [5.41, 5.74) is 0.640. The SMILES string of the molecule is COc1ccc(C(=O)N2CC3(CC(C(=O)N4CCCC4)N(C)C3)C2)cn1. The molecule has 4 heterocycles. The molecule has 1 unspecified atom stereocenters. The van der Waals surface area contributed by atoms with Gasteiger partial charge in [0.2, 0.25) is 11.8 Å². The van der Waals surface area contributed by atoms with E-state index in [0.29, 0.717) is 24.5 Å². The van der Waals surface area contributed by atoms with Crippen molar-refractivity contribution < 1.29 is 14.3 Å². The van der Waals surface area contributed by atoms with E-state index >= 15 is 0 Å². The molecule has 1 atom stereocenters. The molecule has 1 aromatic heterocycles. The van der Waals surface area contributed by atoms with E-state index in [1.165, 1.54) is 0 Å². The van der Waals surface area contributed by atoms with Gasteiger partial charge in [0.15, 0.2) is 0 Å². The van der Waals surface area contributed by atoms with Crippen molar-refractivity contribution in [1.29, 1.82) is 0 Å². The molecule has 3 aliphatic rings. The maximum absolute atomic E-state index is 12.8. The maximum Gasteiger partial charge on any atom is 0.255 e. The van der Waals surface area contributed by atoms with Gasteiger partial charge in [-0.25, -0.2) is 4.98 Å². The molecule has 26 heavy (non-hydrogen) atoms. The Morgan fingerprint density at radius 1 is 1.15 bits per heavy atom. The summed E-state index contributed by atoms with van der Waals surface area (Å²) in [6.45, 7) is 4.09. The minimum absolute atomic E-state index is 0.00255. The smallest absolute Gasteiger partial charge is 0.255 e. The highest BCUT2D eigenvalue weighted by Gasteiger charge is 2.54. The van der Waals surface area contributed by atoms with Gasteiger partial charge in [-0.05, 0) is 32.4 Å². The van der Waals surface area contributed by atoms with Crippen LogP contribution in [0.25, 0.3) is 0 Å². The lowest BCUT2D eigenvalue weighted by Gasteiger charge is -2.48. The van der Waals surface area contributed by atoms with Gasteiger partial charge in [0.25, 0.3) is 5.91 Å². The third-order valence-electron chi connectivity index (χ3n) is 5.98. The Morgan fingerprint density at radius 3 is 2.50 bits per heavy atom. The van der Waals surface area contributed by atoms with Crippen LogP contribution in [-0.2, 0) is 4.79 Å². The molecule has 7 nitrogen and oxygen atoms in total. The molecule has 0 aromatic carbocycles. The fourth-order valence-corrected chi connectivity index (χ4v) is 4.64. The Hall–Kier alpha value is -2.15. The van der Waals surface area contributed by atoms with E-state index in [1.807, 2.05) is 16.8 Å². The van der Waals surface area contributed by atoms with Crippen molar-refractivity contribution in [2.75, 3.05) is 46.9 Å². The van der Waals surface area contributed by atoms with E-state index < -0.39 is 0 Å². The average molecular weight is 358 g/mol. The molecule has 0 aliphatic carbocycles. The van der Waals surface area contributed by atoms with Gasteiger partial charge >= 0.3 is 0 Å². The number of ether oxygens (including phenoxy) is 1. The first-order chi connectivity index (χ1) is 12.5. The fraction of sp³-hybridized carbons (Fsp3) is 0.632. The monoisotopic (exact) mass is 358 g/mol. The summed E-state index contributed by atoms with van der Waals surface area (Å²) in [7, 11) is 3.59. The Morgan fingerprint density at radius 2 is 1.88 bits per heavy atom. The van der Waals surface area contributed by atoms with E-state index in [1.54, 1.807) is 25.4 Å². The molecule has 2 amide bonds. The molecule has 4 rings (SSSR count). The van der Waals surface area contributed by atoms with Gasteiger partial charge in [0.1, 0.15) is 0 Å². The van der Waals surface area contributed by atoms with Crippen LogP contribution in [0, 0.1) is 5.41 Å². The topological polar surface area (TPSA) is 66.0 Å². The van der Waals surface area contributed by atoms with Crippen molar-refractivity contribution in [2.24, 2.45) is 5.41 Å². The minimum Gasteiger partial charge on any atom is -0.481 e. The first-order valence-corrected chi connectivity index (χ1v) is 9.30. The fourth-order valence-electron chi connectivity index (χ4n) is 4.64. The Kier molecular flexibility index (Phi) is 4.34. The summed E-state index contributed by atoms with van der Waals surface area (Å²) in [5, 5.41) is 0. The molecule has 0 N–H and O–H groups in total. The van der Waals surface area contributed by atoms with Crippen LogP contribution in [0.5, 0.6) is 5.88 Å². The number of likely N-dealkylation sites (tertiary alicyclic amines) is 3. The van der Waals surface area contributed by atoms with E-state index in [2.05, 4.69) is 9.88 Å². The van der Waals surface area contributed by atoms with Crippen molar-refractivity contribution in [3.05, 3.63) is 23.9 Å². The lowest BCUT2D eigenvalue weighted by Crippen LogP contribution is -2.59. The molecule has 0 saturated carbocycles. The van der Waals surface area contributed by atoms with Gasteiger partial charge in [0, 0.05) is 50.4 Å². The second kappa shape index (κ2) is 6.54. The second-order valence-electron chi connectivity index (χ2n) is 7.92. The Labute approximate surface area is 153 Å². The number of carbonyl (C=O) groups is 2. The number of likely N-dealkylation sites (N-methyl/N-ethyl adjacent to an activating group) is 1. The van der Waals surface area contributed by atoms with Gasteiger partial charge < -0.3 is 14.5 Å². The highest BCUT2D eigenvalue weighted by atomic mass is 16.5. The van der Waals surface area contributed by atoms with Crippen LogP contribution in [0.15, 0.2) is 18.3 Å². The Balaban J connectivity index is 1.37. The lowest BCUT2D eigenvalue weighted by atomic mass is 9.77. The van der Waals surface area contributed by atoms with Crippen molar-refractivity contribution in [3.63, 3.8) is 0 Å². The van der Waals surface area contributed by atoms with Crippen LogP contribution in [0.2, 0.25) is 0 Å². The van der Waals surface area contributed by atoms with Crippen LogP contribution in [0.1, 0.15) is 29.6 Å². The maximum atomic E-state index is 12.8. The van der Waals surface area contributed by atoms with Crippen molar-refractivity contribution in [2.45, 2.75) is 25.3 Å². The predicted octanol–water partition coefficient (Wildman–Crippen LogP) is 0.859. The Bertz CT molecular complexity index is 693. The number of methoxy groups -OCH3 is 1. The highest BCUT2D eigenvalue weighted by molar-refractivity contribution is 5.94.